The van der Waals surface area contributed by atoms with Crippen molar-refractivity contribution in [3.05, 3.63) is 35.4 Å². The van der Waals surface area contributed by atoms with E-state index in [4.69, 9.17) is 10.00 Å². The number of halogens is 1. The first kappa shape index (κ1) is 16.5. The normalized spacial score (nSPS) is 20.8. The van der Waals surface area contributed by atoms with Crippen LogP contribution in [-0.4, -0.2) is 24.7 Å². The Morgan fingerprint density at radius 3 is 3.00 bits per heavy atom. The van der Waals surface area contributed by atoms with Crippen LogP contribution in [-0.2, 0) is 16.0 Å². The first-order valence-electron chi connectivity index (χ1n) is 6.64. The Balaban J connectivity index is 0.00000200. The van der Waals surface area contributed by atoms with Gasteiger partial charge in [0.2, 0.25) is 0 Å². The average molecular weight is 295 g/mol. The van der Waals surface area contributed by atoms with Crippen molar-refractivity contribution in [1.29, 1.82) is 5.26 Å². The van der Waals surface area contributed by atoms with Crippen molar-refractivity contribution in [2.75, 3.05) is 6.61 Å². The lowest BCUT2D eigenvalue weighted by Crippen LogP contribution is -2.37. The van der Waals surface area contributed by atoms with Gasteiger partial charge >= 0.3 is 5.97 Å². The quantitative estimate of drug-likeness (QED) is 0.865. The van der Waals surface area contributed by atoms with E-state index >= 15 is 0 Å². The van der Waals surface area contributed by atoms with E-state index < -0.39 is 0 Å². The van der Waals surface area contributed by atoms with Crippen LogP contribution in [0.4, 0.5) is 0 Å². The summed E-state index contributed by atoms with van der Waals surface area (Å²) in [5.41, 5.74) is 1.80. The summed E-state index contributed by atoms with van der Waals surface area (Å²) in [7, 11) is 0. The van der Waals surface area contributed by atoms with E-state index in [0.29, 0.717) is 12.2 Å². The van der Waals surface area contributed by atoms with E-state index in [9.17, 15) is 4.79 Å². The molecular formula is C15H19ClN2O2. The molecule has 2 atom stereocenters. The zero-order valence-corrected chi connectivity index (χ0v) is 12.3. The van der Waals surface area contributed by atoms with E-state index in [1.54, 1.807) is 6.07 Å². The fourth-order valence-corrected chi connectivity index (χ4v) is 2.46. The maximum atomic E-state index is 11.6. The molecule has 1 saturated heterocycles. The monoisotopic (exact) mass is 294 g/mol. The predicted molar refractivity (Wildman–Crippen MR) is 78.7 cm³/mol. The van der Waals surface area contributed by atoms with Crippen LogP contribution in [0.15, 0.2) is 24.3 Å². The fraction of sp³-hybridized carbons (Fsp3) is 0.467. The minimum absolute atomic E-state index is 0. The summed E-state index contributed by atoms with van der Waals surface area (Å²) in [5.74, 6) is -0.157. The fourth-order valence-electron chi connectivity index (χ4n) is 2.46. The highest BCUT2D eigenvalue weighted by atomic mass is 35.5. The number of nitrogens with zero attached hydrogens (tertiary/aromatic N) is 1. The summed E-state index contributed by atoms with van der Waals surface area (Å²) in [5, 5.41) is 12.2. The molecule has 0 amide bonds. The van der Waals surface area contributed by atoms with Gasteiger partial charge in [-0.2, -0.15) is 5.26 Å². The summed E-state index contributed by atoms with van der Waals surface area (Å²) in [4.78, 5) is 11.6. The molecule has 0 aromatic heterocycles. The molecule has 0 radical (unpaired) electrons. The first-order valence-corrected chi connectivity index (χ1v) is 6.64. The molecule has 108 valence electrons. The van der Waals surface area contributed by atoms with E-state index in [-0.39, 0.29) is 30.5 Å². The van der Waals surface area contributed by atoms with Crippen LogP contribution < -0.4 is 5.32 Å². The van der Waals surface area contributed by atoms with Crippen LogP contribution >= 0.6 is 12.4 Å². The smallest absolute Gasteiger partial charge is 0.323 e. The summed E-state index contributed by atoms with van der Waals surface area (Å²) in [6, 6.07) is 9.85. The largest absolute Gasteiger partial charge is 0.465 e. The number of nitriles is 1. The Labute approximate surface area is 125 Å². The second-order valence-electron chi connectivity index (χ2n) is 4.76. The molecule has 5 heteroatoms. The Morgan fingerprint density at radius 1 is 1.50 bits per heavy atom. The molecule has 1 fully saturated rings. The second kappa shape index (κ2) is 7.88. The third kappa shape index (κ3) is 4.22. The molecule has 0 spiro atoms. The Hall–Kier alpha value is -1.57. The topological polar surface area (TPSA) is 62.1 Å². The maximum Gasteiger partial charge on any atom is 0.323 e. The Bertz CT molecular complexity index is 499. The third-order valence-corrected chi connectivity index (χ3v) is 3.35. The van der Waals surface area contributed by atoms with E-state index in [1.807, 2.05) is 25.1 Å². The molecule has 0 saturated carbocycles. The lowest BCUT2D eigenvalue weighted by Gasteiger charge is -2.13. The van der Waals surface area contributed by atoms with Gasteiger partial charge in [-0.15, -0.1) is 12.4 Å². The van der Waals surface area contributed by atoms with Gasteiger partial charge in [-0.3, -0.25) is 4.79 Å². The molecule has 1 aromatic carbocycles. The standard InChI is InChI=1S/C15H18N2O2.ClH/c1-2-19-15(18)14-7-6-13(17-14)9-11-4-3-5-12(8-11)10-16;/h3-5,8,13-14,17H,2,6-7,9H2,1H3;1H/t13-,14+;/m1./s1. The number of nitrogens with one attached hydrogen (secondary N) is 1. The molecule has 1 aromatic rings. The number of hydrogen-bond acceptors (Lipinski definition) is 4. The van der Waals surface area contributed by atoms with Crippen molar-refractivity contribution in [1.82, 2.24) is 5.32 Å². The lowest BCUT2D eigenvalue weighted by atomic mass is 10.0. The number of hydrogen-bond donors (Lipinski definition) is 1. The maximum absolute atomic E-state index is 11.6. The lowest BCUT2D eigenvalue weighted by molar-refractivity contribution is -0.145. The van der Waals surface area contributed by atoms with Crippen molar-refractivity contribution in [3.63, 3.8) is 0 Å². The SMILES string of the molecule is CCOC(=O)[C@@H]1CC[C@H](Cc2cccc(C#N)c2)N1.Cl. The van der Waals surface area contributed by atoms with Crippen molar-refractivity contribution in [3.8, 4) is 6.07 Å². The molecule has 0 bridgehead atoms. The number of carbonyl (C=O) groups excluding carboxylic acids is 1. The molecular weight excluding hydrogens is 276 g/mol. The van der Waals surface area contributed by atoms with Crippen LogP contribution in [0.25, 0.3) is 0 Å². The number of carbonyl (C=O) groups is 1. The molecule has 1 N–H and O–H groups in total. The van der Waals surface area contributed by atoms with Crippen molar-refractivity contribution in [2.24, 2.45) is 0 Å². The summed E-state index contributed by atoms with van der Waals surface area (Å²) >= 11 is 0. The van der Waals surface area contributed by atoms with Crippen LogP contribution in [0.5, 0.6) is 0 Å². The number of esters is 1. The first-order chi connectivity index (χ1) is 9.22. The molecule has 4 nitrogen and oxygen atoms in total. The average Bonchev–Trinajstić information content (AvgIpc) is 2.88. The Kier molecular flexibility index (Phi) is 6.50. The van der Waals surface area contributed by atoms with Gasteiger partial charge < -0.3 is 10.1 Å². The van der Waals surface area contributed by atoms with Gasteiger partial charge in [-0.25, -0.2) is 0 Å². The van der Waals surface area contributed by atoms with Gasteiger partial charge in [0, 0.05) is 6.04 Å². The minimum Gasteiger partial charge on any atom is -0.465 e. The zero-order chi connectivity index (χ0) is 13.7. The number of rotatable bonds is 4. The van der Waals surface area contributed by atoms with Crippen molar-refractivity contribution < 1.29 is 9.53 Å². The van der Waals surface area contributed by atoms with Crippen LogP contribution in [0.1, 0.15) is 30.9 Å². The highest BCUT2D eigenvalue weighted by molar-refractivity contribution is 5.85. The van der Waals surface area contributed by atoms with Gasteiger partial charge in [0.15, 0.2) is 0 Å². The summed E-state index contributed by atoms with van der Waals surface area (Å²) in [6.07, 6.45) is 2.62. The predicted octanol–water partition coefficient (Wildman–Crippen LogP) is 2.21. The molecule has 20 heavy (non-hydrogen) atoms. The van der Waals surface area contributed by atoms with Crippen LogP contribution in [0.2, 0.25) is 0 Å². The highest BCUT2D eigenvalue weighted by Gasteiger charge is 2.29. The third-order valence-electron chi connectivity index (χ3n) is 3.35. The second-order valence-corrected chi connectivity index (χ2v) is 4.76. The molecule has 1 aliphatic heterocycles. The summed E-state index contributed by atoms with van der Waals surface area (Å²) in [6.45, 7) is 2.24. The van der Waals surface area contributed by atoms with Crippen molar-refractivity contribution in [2.45, 2.75) is 38.3 Å². The van der Waals surface area contributed by atoms with E-state index in [2.05, 4.69) is 11.4 Å². The number of ether oxygens (including phenoxy) is 1. The molecule has 1 heterocycles. The van der Waals surface area contributed by atoms with Gasteiger partial charge in [-0.1, -0.05) is 12.1 Å². The zero-order valence-electron chi connectivity index (χ0n) is 11.5. The Morgan fingerprint density at radius 2 is 2.30 bits per heavy atom. The molecule has 0 unspecified atom stereocenters. The van der Waals surface area contributed by atoms with Crippen molar-refractivity contribution >= 4 is 18.4 Å². The van der Waals surface area contributed by atoms with Gasteiger partial charge in [-0.05, 0) is 43.9 Å². The molecule has 2 rings (SSSR count). The molecule has 0 aliphatic carbocycles. The van der Waals surface area contributed by atoms with Gasteiger partial charge in [0.05, 0.1) is 18.2 Å². The van der Waals surface area contributed by atoms with Crippen LogP contribution in [0, 0.1) is 11.3 Å². The van der Waals surface area contributed by atoms with Gasteiger partial charge in [0.1, 0.15) is 6.04 Å². The van der Waals surface area contributed by atoms with E-state index in [1.165, 1.54) is 0 Å². The minimum atomic E-state index is -0.177. The van der Waals surface area contributed by atoms with Gasteiger partial charge in [0.25, 0.3) is 0 Å². The van der Waals surface area contributed by atoms with E-state index in [0.717, 1.165) is 24.8 Å². The van der Waals surface area contributed by atoms with Crippen LogP contribution in [0.3, 0.4) is 0 Å². The number of benzene rings is 1. The molecule has 1 aliphatic rings. The summed E-state index contributed by atoms with van der Waals surface area (Å²) < 4.78 is 5.02. The highest BCUT2D eigenvalue weighted by Crippen LogP contribution is 2.18.